The maximum atomic E-state index is 12.3. The highest BCUT2D eigenvalue weighted by Gasteiger charge is 2.20. The SMILES string of the molecule is O=C(C[NH+]1CCCCC1)c1c[nH]c2ccccc12. The van der Waals surface area contributed by atoms with Crippen molar-refractivity contribution in [2.24, 2.45) is 0 Å². The van der Waals surface area contributed by atoms with Crippen molar-refractivity contribution in [1.82, 2.24) is 4.98 Å². The van der Waals surface area contributed by atoms with Gasteiger partial charge in [-0.25, -0.2) is 0 Å². The molecule has 2 aromatic rings. The first-order valence-corrected chi connectivity index (χ1v) is 6.77. The third kappa shape index (κ3) is 2.18. The van der Waals surface area contributed by atoms with Crippen LogP contribution in [0.3, 0.4) is 0 Å². The van der Waals surface area contributed by atoms with Gasteiger partial charge in [-0.15, -0.1) is 0 Å². The highest BCUT2D eigenvalue weighted by Crippen LogP contribution is 2.17. The molecule has 0 radical (unpaired) electrons. The van der Waals surface area contributed by atoms with Gasteiger partial charge in [0.25, 0.3) is 0 Å². The van der Waals surface area contributed by atoms with Gasteiger partial charge in [0.05, 0.1) is 13.1 Å². The molecule has 1 aromatic carbocycles. The zero-order valence-electron chi connectivity index (χ0n) is 10.5. The Labute approximate surface area is 107 Å². The van der Waals surface area contributed by atoms with Crippen LogP contribution in [0.25, 0.3) is 10.9 Å². The smallest absolute Gasteiger partial charge is 0.219 e. The van der Waals surface area contributed by atoms with E-state index in [4.69, 9.17) is 0 Å². The van der Waals surface area contributed by atoms with Crippen molar-refractivity contribution in [3.63, 3.8) is 0 Å². The standard InChI is InChI=1S/C15H18N2O/c18-15(11-17-8-4-1-5-9-17)13-10-16-14-7-3-2-6-12(13)14/h2-3,6-7,10,16H,1,4-5,8-9,11H2/p+1. The Morgan fingerprint density at radius 3 is 2.78 bits per heavy atom. The van der Waals surface area contributed by atoms with Crippen molar-refractivity contribution in [3.05, 3.63) is 36.0 Å². The molecule has 1 saturated heterocycles. The van der Waals surface area contributed by atoms with Gasteiger partial charge in [-0.05, 0) is 25.3 Å². The van der Waals surface area contributed by atoms with Gasteiger partial charge in [-0.1, -0.05) is 18.2 Å². The Morgan fingerprint density at radius 1 is 1.17 bits per heavy atom. The maximum Gasteiger partial charge on any atom is 0.219 e. The highest BCUT2D eigenvalue weighted by molar-refractivity contribution is 6.08. The predicted octanol–water partition coefficient (Wildman–Crippen LogP) is 1.42. The van der Waals surface area contributed by atoms with Gasteiger partial charge in [0.15, 0.2) is 0 Å². The molecule has 18 heavy (non-hydrogen) atoms. The number of H-pyrrole nitrogens is 1. The first-order valence-electron chi connectivity index (χ1n) is 6.77. The van der Waals surface area contributed by atoms with Crippen LogP contribution in [0.2, 0.25) is 0 Å². The molecule has 1 aliphatic heterocycles. The van der Waals surface area contributed by atoms with E-state index in [9.17, 15) is 4.79 Å². The van der Waals surface area contributed by atoms with E-state index < -0.39 is 0 Å². The molecular formula is C15H19N2O+. The molecule has 1 aromatic heterocycles. The molecule has 0 atom stereocenters. The molecule has 1 aliphatic rings. The van der Waals surface area contributed by atoms with Crippen LogP contribution in [-0.4, -0.2) is 30.4 Å². The number of rotatable bonds is 3. The second kappa shape index (κ2) is 4.94. The lowest BCUT2D eigenvalue weighted by Crippen LogP contribution is -3.13. The fraction of sp³-hybridized carbons (Fsp3) is 0.400. The Morgan fingerprint density at radius 2 is 1.94 bits per heavy atom. The summed E-state index contributed by atoms with van der Waals surface area (Å²) < 4.78 is 0. The molecule has 0 aliphatic carbocycles. The minimum absolute atomic E-state index is 0.268. The van der Waals surface area contributed by atoms with Crippen LogP contribution >= 0.6 is 0 Å². The van der Waals surface area contributed by atoms with E-state index in [2.05, 4.69) is 4.98 Å². The third-order valence-corrected chi connectivity index (χ3v) is 3.86. The molecular weight excluding hydrogens is 224 g/mol. The molecule has 0 unspecified atom stereocenters. The number of para-hydroxylation sites is 1. The zero-order valence-corrected chi connectivity index (χ0v) is 10.5. The van der Waals surface area contributed by atoms with Gasteiger partial charge in [0, 0.05) is 22.7 Å². The van der Waals surface area contributed by atoms with E-state index in [1.54, 1.807) is 0 Å². The van der Waals surface area contributed by atoms with Crippen molar-refractivity contribution in [3.8, 4) is 0 Å². The lowest BCUT2D eigenvalue weighted by Gasteiger charge is -2.22. The lowest BCUT2D eigenvalue weighted by atomic mass is 10.1. The molecule has 0 saturated carbocycles. The van der Waals surface area contributed by atoms with E-state index in [1.165, 1.54) is 24.2 Å². The monoisotopic (exact) mass is 243 g/mol. The maximum absolute atomic E-state index is 12.3. The molecule has 2 heterocycles. The number of fused-ring (bicyclic) bond motifs is 1. The van der Waals surface area contributed by atoms with Crippen molar-refractivity contribution in [2.75, 3.05) is 19.6 Å². The molecule has 3 nitrogen and oxygen atoms in total. The normalized spacial score (nSPS) is 17.1. The molecule has 94 valence electrons. The average molecular weight is 243 g/mol. The van der Waals surface area contributed by atoms with Crippen LogP contribution in [-0.2, 0) is 0 Å². The third-order valence-electron chi connectivity index (χ3n) is 3.86. The molecule has 0 amide bonds. The number of aromatic nitrogens is 1. The summed E-state index contributed by atoms with van der Waals surface area (Å²) in [4.78, 5) is 17.0. The number of quaternary nitrogens is 1. The number of ketones is 1. The fourth-order valence-electron chi connectivity index (χ4n) is 2.85. The number of benzene rings is 1. The number of carbonyl (C=O) groups excluding carboxylic acids is 1. The summed E-state index contributed by atoms with van der Waals surface area (Å²) in [5.74, 6) is 0.268. The number of carbonyl (C=O) groups is 1. The molecule has 0 bridgehead atoms. The van der Waals surface area contributed by atoms with E-state index in [1.807, 2.05) is 30.5 Å². The number of nitrogens with one attached hydrogen (secondary N) is 2. The highest BCUT2D eigenvalue weighted by atomic mass is 16.1. The van der Waals surface area contributed by atoms with E-state index in [0.717, 1.165) is 29.6 Å². The summed E-state index contributed by atoms with van der Waals surface area (Å²) in [5, 5.41) is 1.05. The molecule has 2 N–H and O–H groups in total. The van der Waals surface area contributed by atoms with Gasteiger partial charge in [-0.3, -0.25) is 4.79 Å². The van der Waals surface area contributed by atoms with Gasteiger partial charge in [0.2, 0.25) is 5.78 Å². The van der Waals surface area contributed by atoms with Crippen LogP contribution in [0.15, 0.2) is 30.5 Å². The Balaban J connectivity index is 1.79. The topological polar surface area (TPSA) is 37.3 Å². The Kier molecular flexibility index (Phi) is 3.15. The first kappa shape index (κ1) is 11.5. The summed E-state index contributed by atoms with van der Waals surface area (Å²) in [5.41, 5.74) is 1.90. The molecule has 1 fully saturated rings. The summed E-state index contributed by atoms with van der Waals surface area (Å²) in [6, 6.07) is 8.01. The number of Topliss-reactive ketones (excluding diaryl/α,β-unsaturated/α-hetero) is 1. The van der Waals surface area contributed by atoms with Gasteiger partial charge in [-0.2, -0.15) is 0 Å². The van der Waals surface area contributed by atoms with Gasteiger partial charge in [0.1, 0.15) is 6.54 Å². The number of likely N-dealkylation sites (tertiary alicyclic amines) is 1. The van der Waals surface area contributed by atoms with E-state index in [-0.39, 0.29) is 5.78 Å². The first-order chi connectivity index (χ1) is 8.84. The number of piperidine rings is 1. The minimum atomic E-state index is 0.268. The summed E-state index contributed by atoms with van der Waals surface area (Å²) in [6.07, 6.45) is 5.70. The summed E-state index contributed by atoms with van der Waals surface area (Å²) >= 11 is 0. The number of aromatic amines is 1. The van der Waals surface area contributed by atoms with Crippen molar-refractivity contribution in [2.45, 2.75) is 19.3 Å². The van der Waals surface area contributed by atoms with E-state index >= 15 is 0 Å². The van der Waals surface area contributed by atoms with Crippen molar-refractivity contribution >= 4 is 16.7 Å². The number of hydrogen-bond acceptors (Lipinski definition) is 1. The van der Waals surface area contributed by atoms with Crippen LogP contribution < -0.4 is 4.90 Å². The van der Waals surface area contributed by atoms with Crippen LogP contribution in [0, 0.1) is 0 Å². The van der Waals surface area contributed by atoms with E-state index in [0.29, 0.717) is 6.54 Å². The average Bonchev–Trinajstić information content (AvgIpc) is 2.84. The lowest BCUT2D eigenvalue weighted by molar-refractivity contribution is -0.896. The van der Waals surface area contributed by atoms with Crippen LogP contribution in [0.1, 0.15) is 29.6 Å². The number of hydrogen-bond donors (Lipinski definition) is 2. The second-order valence-corrected chi connectivity index (χ2v) is 5.16. The summed E-state index contributed by atoms with van der Waals surface area (Å²) in [7, 11) is 0. The molecule has 3 heteroatoms. The fourth-order valence-corrected chi connectivity index (χ4v) is 2.85. The summed E-state index contributed by atoms with van der Waals surface area (Å²) in [6.45, 7) is 2.93. The van der Waals surface area contributed by atoms with Crippen molar-refractivity contribution < 1.29 is 9.69 Å². The Bertz CT molecular complexity index is 552. The second-order valence-electron chi connectivity index (χ2n) is 5.16. The van der Waals surface area contributed by atoms with Crippen LogP contribution in [0.5, 0.6) is 0 Å². The molecule has 0 spiro atoms. The van der Waals surface area contributed by atoms with Gasteiger partial charge < -0.3 is 9.88 Å². The minimum Gasteiger partial charge on any atom is -0.360 e. The molecule has 3 rings (SSSR count). The van der Waals surface area contributed by atoms with Gasteiger partial charge >= 0.3 is 0 Å². The van der Waals surface area contributed by atoms with Crippen molar-refractivity contribution in [1.29, 1.82) is 0 Å². The Hall–Kier alpha value is -1.61. The largest absolute Gasteiger partial charge is 0.360 e. The zero-order chi connectivity index (χ0) is 12.4. The quantitative estimate of drug-likeness (QED) is 0.786. The van der Waals surface area contributed by atoms with Crippen LogP contribution in [0.4, 0.5) is 0 Å². The predicted molar refractivity (Wildman–Crippen MR) is 72.0 cm³/mol.